The molecule has 1 aliphatic heterocycles. The van der Waals surface area contributed by atoms with E-state index in [1.165, 1.54) is 0 Å². The number of halogens is 1. The Bertz CT molecular complexity index is 438. The van der Waals surface area contributed by atoms with Gasteiger partial charge in [-0.15, -0.1) is 0 Å². The second-order valence-corrected chi connectivity index (χ2v) is 4.76. The van der Waals surface area contributed by atoms with Gasteiger partial charge in [0.1, 0.15) is 5.41 Å². The van der Waals surface area contributed by atoms with Crippen molar-refractivity contribution >= 4 is 23.2 Å². The molecule has 0 radical (unpaired) electrons. The lowest BCUT2D eigenvalue weighted by atomic mass is 9.86. The van der Waals surface area contributed by atoms with Crippen LogP contribution in [0.15, 0.2) is 18.2 Å². The zero-order valence-corrected chi connectivity index (χ0v) is 10.3. The molecule has 92 valence electrons. The molecule has 2 rings (SSSR count). The summed E-state index contributed by atoms with van der Waals surface area (Å²) in [6.07, 6.45) is 0. The minimum absolute atomic E-state index is 0.210. The van der Waals surface area contributed by atoms with E-state index in [1.54, 1.807) is 12.1 Å². The van der Waals surface area contributed by atoms with Crippen molar-refractivity contribution in [1.82, 2.24) is 0 Å². The summed E-state index contributed by atoms with van der Waals surface area (Å²) in [6, 6.07) is 5.31. The summed E-state index contributed by atoms with van der Waals surface area (Å²) < 4.78 is 4.98. The molecule has 0 saturated carbocycles. The summed E-state index contributed by atoms with van der Waals surface area (Å²) in [5.41, 5.74) is 0.788. The number of hydrogen-bond acceptors (Lipinski definition) is 3. The summed E-state index contributed by atoms with van der Waals surface area (Å²) in [4.78, 5) is 11.9. The molecule has 17 heavy (non-hydrogen) atoms. The third-order valence-electron chi connectivity index (χ3n) is 2.97. The number of carbonyl (C=O) groups is 1. The number of amides is 1. The molecule has 4 nitrogen and oxygen atoms in total. The highest BCUT2D eigenvalue weighted by Gasteiger charge is 2.45. The minimum Gasteiger partial charge on any atom is -0.395 e. The number of carbonyl (C=O) groups excluding carboxylic acids is 1. The molecule has 1 saturated heterocycles. The fourth-order valence-corrected chi connectivity index (χ4v) is 1.76. The van der Waals surface area contributed by atoms with E-state index >= 15 is 0 Å². The van der Waals surface area contributed by atoms with E-state index in [0.717, 1.165) is 5.56 Å². The van der Waals surface area contributed by atoms with Gasteiger partial charge in [-0.1, -0.05) is 17.7 Å². The van der Waals surface area contributed by atoms with Crippen molar-refractivity contribution in [2.75, 3.05) is 25.1 Å². The van der Waals surface area contributed by atoms with Crippen molar-refractivity contribution in [1.29, 1.82) is 0 Å². The zero-order chi connectivity index (χ0) is 12.5. The number of anilines is 1. The molecule has 2 N–H and O–H groups in total. The number of ether oxygens (including phenoxy) is 1. The molecule has 5 heteroatoms. The number of aliphatic hydroxyl groups excluding tert-OH is 1. The monoisotopic (exact) mass is 255 g/mol. The first-order chi connectivity index (χ1) is 8.07. The Hall–Kier alpha value is -1.10. The van der Waals surface area contributed by atoms with Crippen LogP contribution in [0.25, 0.3) is 0 Å². The van der Waals surface area contributed by atoms with E-state index < -0.39 is 5.41 Å². The Morgan fingerprint density at radius 1 is 1.59 bits per heavy atom. The Labute approximate surface area is 105 Å². The molecule has 0 bridgehead atoms. The van der Waals surface area contributed by atoms with Gasteiger partial charge in [0.25, 0.3) is 0 Å². The molecule has 1 aromatic rings. The zero-order valence-electron chi connectivity index (χ0n) is 9.50. The van der Waals surface area contributed by atoms with Gasteiger partial charge in [0.15, 0.2) is 0 Å². The number of benzene rings is 1. The largest absolute Gasteiger partial charge is 0.395 e. The smallest absolute Gasteiger partial charge is 0.237 e. The lowest BCUT2D eigenvalue weighted by Crippen LogP contribution is -2.54. The van der Waals surface area contributed by atoms with Gasteiger partial charge in [-0.3, -0.25) is 4.79 Å². The number of aryl methyl sites for hydroxylation is 1. The maximum absolute atomic E-state index is 11.9. The standard InChI is InChI=1S/C12H14ClNO3/c1-8-2-3-9(4-10(8)13)14-11(16)12(5-15)6-17-7-12/h2-4,15H,5-7H2,1H3,(H,14,16). The minimum atomic E-state index is -0.794. The SMILES string of the molecule is Cc1ccc(NC(=O)C2(CO)COC2)cc1Cl. The van der Waals surface area contributed by atoms with Gasteiger partial charge < -0.3 is 15.2 Å². The molecule has 0 aliphatic carbocycles. The van der Waals surface area contributed by atoms with Gasteiger partial charge in [0.05, 0.1) is 19.8 Å². The predicted molar refractivity (Wildman–Crippen MR) is 65.2 cm³/mol. The van der Waals surface area contributed by atoms with Crippen LogP contribution < -0.4 is 5.32 Å². The maximum Gasteiger partial charge on any atom is 0.237 e. The van der Waals surface area contributed by atoms with Crippen LogP contribution in [0.2, 0.25) is 5.02 Å². The van der Waals surface area contributed by atoms with E-state index in [0.29, 0.717) is 10.7 Å². The molecule has 1 fully saturated rings. The summed E-state index contributed by atoms with van der Waals surface area (Å²) in [5, 5.41) is 12.6. The van der Waals surface area contributed by atoms with Crippen LogP contribution >= 0.6 is 11.6 Å². The van der Waals surface area contributed by atoms with Crippen LogP contribution in [0.3, 0.4) is 0 Å². The van der Waals surface area contributed by atoms with Gasteiger partial charge in [-0.2, -0.15) is 0 Å². The summed E-state index contributed by atoms with van der Waals surface area (Å²) in [6.45, 7) is 2.20. The van der Waals surface area contributed by atoms with Gasteiger partial charge in [-0.05, 0) is 24.6 Å². The van der Waals surface area contributed by atoms with E-state index in [9.17, 15) is 9.90 Å². The van der Waals surface area contributed by atoms with Gasteiger partial charge >= 0.3 is 0 Å². The molecular weight excluding hydrogens is 242 g/mol. The average molecular weight is 256 g/mol. The molecule has 0 aromatic heterocycles. The Kier molecular flexibility index (Phi) is 3.38. The van der Waals surface area contributed by atoms with Crippen LogP contribution in [-0.2, 0) is 9.53 Å². The summed E-state index contributed by atoms with van der Waals surface area (Å²) in [5.74, 6) is -0.230. The number of aliphatic hydroxyl groups is 1. The molecule has 1 aliphatic rings. The normalized spacial score (nSPS) is 17.4. The van der Waals surface area contributed by atoms with E-state index in [4.69, 9.17) is 16.3 Å². The Balaban J connectivity index is 2.10. The third kappa shape index (κ3) is 2.29. The molecule has 1 amide bonds. The molecule has 0 unspecified atom stereocenters. The van der Waals surface area contributed by atoms with Crippen LogP contribution in [-0.4, -0.2) is 30.8 Å². The van der Waals surface area contributed by atoms with Crippen molar-refractivity contribution in [3.05, 3.63) is 28.8 Å². The number of hydrogen-bond donors (Lipinski definition) is 2. The maximum atomic E-state index is 11.9. The molecule has 1 heterocycles. The second kappa shape index (κ2) is 4.64. The molecule has 1 aromatic carbocycles. The highest BCUT2D eigenvalue weighted by molar-refractivity contribution is 6.31. The van der Waals surface area contributed by atoms with Crippen LogP contribution in [0.1, 0.15) is 5.56 Å². The topological polar surface area (TPSA) is 58.6 Å². The van der Waals surface area contributed by atoms with E-state index in [1.807, 2.05) is 13.0 Å². The molecule has 0 atom stereocenters. The number of nitrogens with one attached hydrogen (secondary N) is 1. The second-order valence-electron chi connectivity index (χ2n) is 4.35. The quantitative estimate of drug-likeness (QED) is 0.863. The third-order valence-corrected chi connectivity index (χ3v) is 3.38. The van der Waals surface area contributed by atoms with Crippen LogP contribution in [0.5, 0.6) is 0 Å². The van der Waals surface area contributed by atoms with Gasteiger partial charge in [0, 0.05) is 10.7 Å². The van der Waals surface area contributed by atoms with Gasteiger partial charge in [0.2, 0.25) is 5.91 Å². The first kappa shape index (κ1) is 12.4. The fraction of sp³-hybridized carbons (Fsp3) is 0.417. The van der Waals surface area contributed by atoms with Crippen molar-refractivity contribution in [3.63, 3.8) is 0 Å². The van der Waals surface area contributed by atoms with Crippen molar-refractivity contribution in [3.8, 4) is 0 Å². The van der Waals surface area contributed by atoms with Crippen molar-refractivity contribution in [2.45, 2.75) is 6.92 Å². The predicted octanol–water partition coefficient (Wildman–Crippen LogP) is 1.60. The molecule has 0 spiro atoms. The average Bonchev–Trinajstić information content (AvgIpc) is 2.23. The number of rotatable bonds is 3. The lowest BCUT2D eigenvalue weighted by molar-refractivity contribution is -0.164. The van der Waals surface area contributed by atoms with Crippen LogP contribution in [0.4, 0.5) is 5.69 Å². The summed E-state index contributed by atoms with van der Waals surface area (Å²) in [7, 11) is 0. The lowest BCUT2D eigenvalue weighted by Gasteiger charge is -2.38. The highest BCUT2D eigenvalue weighted by Crippen LogP contribution is 2.29. The first-order valence-electron chi connectivity index (χ1n) is 5.34. The van der Waals surface area contributed by atoms with E-state index in [-0.39, 0.29) is 25.7 Å². The van der Waals surface area contributed by atoms with Crippen molar-refractivity contribution < 1.29 is 14.6 Å². The van der Waals surface area contributed by atoms with Crippen molar-refractivity contribution in [2.24, 2.45) is 5.41 Å². The Morgan fingerprint density at radius 2 is 2.29 bits per heavy atom. The Morgan fingerprint density at radius 3 is 2.76 bits per heavy atom. The summed E-state index contributed by atoms with van der Waals surface area (Å²) >= 11 is 5.97. The van der Waals surface area contributed by atoms with Crippen LogP contribution in [0, 0.1) is 12.3 Å². The van der Waals surface area contributed by atoms with Gasteiger partial charge in [-0.25, -0.2) is 0 Å². The van der Waals surface area contributed by atoms with E-state index in [2.05, 4.69) is 5.32 Å². The molecular formula is C12H14ClNO3. The first-order valence-corrected chi connectivity index (χ1v) is 5.71. The fourth-order valence-electron chi connectivity index (χ4n) is 1.58. The highest BCUT2D eigenvalue weighted by atomic mass is 35.5.